The Balaban J connectivity index is 1.84. The Labute approximate surface area is 141 Å². The molecule has 3 rings (SSSR count). The van der Waals surface area contributed by atoms with Crippen molar-refractivity contribution in [3.63, 3.8) is 0 Å². The molecule has 0 bridgehead atoms. The summed E-state index contributed by atoms with van der Waals surface area (Å²) in [7, 11) is 1.74. The number of amides is 1. The maximum Gasteiger partial charge on any atom is 0.355 e. The molecule has 2 aliphatic rings. The molecule has 1 saturated heterocycles. The van der Waals surface area contributed by atoms with Crippen LogP contribution in [-0.2, 0) is 21.4 Å². The Morgan fingerprint density at radius 2 is 2.35 bits per heavy atom. The minimum absolute atomic E-state index is 0.188. The number of nitrogens with zero attached hydrogens (tertiary/aromatic N) is 5. The average Bonchev–Trinajstić information content (AvgIpc) is 2.96. The third-order valence-corrected chi connectivity index (χ3v) is 5.97. The van der Waals surface area contributed by atoms with Crippen molar-refractivity contribution in [2.75, 3.05) is 18.1 Å². The van der Waals surface area contributed by atoms with E-state index in [0.29, 0.717) is 22.4 Å². The molecular formula is C12H16N6O3S2. The lowest BCUT2D eigenvalue weighted by Gasteiger charge is -2.48. The molecule has 1 unspecified atom stereocenters. The van der Waals surface area contributed by atoms with E-state index in [0.717, 1.165) is 5.57 Å². The third-order valence-electron chi connectivity index (χ3n) is 3.51. The van der Waals surface area contributed by atoms with E-state index in [1.54, 1.807) is 30.4 Å². The van der Waals surface area contributed by atoms with Gasteiger partial charge in [0.2, 0.25) is 11.1 Å². The fraction of sp³-hybridized carbons (Fsp3) is 0.583. The summed E-state index contributed by atoms with van der Waals surface area (Å²) in [5.74, 6) is 0.396. The summed E-state index contributed by atoms with van der Waals surface area (Å²) < 4.78 is 6.67. The largest absolute Gasteiger partial charge is 0.461 e. The van der Waals surface area contributed by atoms with Crippen LogP contribution in [0.4, 0.5) is 0 Å². The number of thioether (sulfide) groups is 2. The molecule has 0 spiro atoms. The number of fused-ring (bicyclic) bond motifs is 1. The van der Waals surface area contributed by atoms with Crippen LogP contribution >= 0.6 is 23.5 Å². The van der Waals surface area contributed by atoms with Gasteiger partial charge in [0.25, 0.3) is 0 Å². The van der Waals surface area contributed by atoms with Crippen molar-refractivity contribution in [3.8, 4) is 0 Å². The van der Waals surface area contributed by atoms with Crippen molar-refractivity contribution in [2.45, 2.75) is 23.5 Å². The monoisotopic (exact) mass is 356 g/mol. The first kappa shape index (κ1) is 16.3. The van der Waals surface area contributed by atoms with Crippen LogP contribution in [0.25, 0.3) is 0 Å². The van der Waals surface area contributed by atoms with Crippen LogP contribution in [0.1, 0.15) is 6.92 Å². The van der Waals surface area contributed by atoms with E-state index in [4.69, 9.17) is 10.5 Å². The fourth-order valence-corrected chi connectivity index (χ4v) is 4.66. The molecule has 2 N–H and O–H groups in total. The molecule has 3 heterocycles. The second-order valence-electron chi connectivity index (χ2n) is 4.98. The van der Waals surface area contributed by atoms with E-state index in [9.17, 15) is 9.59 Å². The summed E-state index contributed by atoms with van der Waals surface area (Å²) in [6.07, 6.45) is 0. The minimum atomic E-state index is -0.554. The molecule has 1 fully saturated rings. The van der Waals surface area contributed by atoms with Crippen LogP contribution in [0, 0.1) is 0 Å². The number of carbonyl (C=O) groups excluding carboxylic acids is 2. The Kier molecular flexibility index (Phi) is 4.60. The van der Waals surface area contributed by atoms with Gasteiger partial charge in [0.05, 0.1) is 6.61 Å². The maximum absolute atomic E-state index is 12.3. The number of tetrazole rings is 1. The van der Waals surface area contributed by atoms with Crippen LogP contribution in [0.15, 0.2) is 16.4 Å². The van der Waals surface area contributed by atoms with E-state index < -0.39 is 12.0 Å². The fourth-order valence-electron chi connectivity index (χ4n) is 2.37. The van der Waals surface area contributed by atoms with Gasteiger partial charge < -0.3 is 10.5 Å². The van der Waals surface area contributed by atoms with Gasteiger partial charge in [-0.1, -0.05) is 11.8 Å². The molecule has 1 aromatic rings. The number of carbonyl (C=O) groups is 2. The molecular weight excluding hydrogens is 340 g/mol. The summed E-state index contributed by atoms with van der Waals surface area (Å²) in [6.45, 7) is 1.98. The van der Waals surface area contributed by atoms with Crippen LogP contribution in [0.5, 0.6) is 0 Å². The normalized spacial score (nSPS) is 23.6. The van der Waals surface area contributed by atoms with Gasteiger partial charge in [0, 0.05) is 18.6 Å². The highest BCUT2D eigenvalue weighted by atomic mass is 32.2. The van der Waals surface area contributed by atoms with Crippen LogP contribution < -0.4 is 5.73 Å². The third kappa shape index (κ3) is 2.83. The number of aromatic nitrogens is 4. The minimum Gasteiger partial charge on any atom is -0.461 e. The zero-order valence-electron chi connectivity index (χ0n) is 12.6. The van der Waals surface area contributed by atoms with Crippen molar-refractivity contribution in [3.05, 3.63) is 11.3 Å². The topological polar surface area (TPSA) is 116 Å². The number of hydrogen-bond acceptors (Lipinski definition) is 9. The standard InChI is InChI=1S/C12H16N6O3S2/c1-3-21-11(20)8-6(5-23-12-14-15-16-17(12)2)4-22-10-7(13)9(19)18(8)10/h7,10H,3-5,13H2,1-2H3/t7?,10-/m0/s1. The molecule has 124 valence electrons. The molecule has 2 aliphatic heterocycles. The molecule has 23 heavy (non-hydrogen) atoms. The summed E-state index contributed by atoms with van der Waals surface area (Å²) in [5.41, 5.74) is 6.96. The van der Waals surface area contributed by atoms with Gasteiger partial charge in [-0.15, -0.1) is 16.9 Å². The molecule has 2 atom stereocenters. The first-order valence-corrected chi connectivity index (χ1v) is 9.02. The first-order chi connectivity index (χ1) is 11.0. The average molecular weight is 356 g/mol. The Hall–Kier alpha value is -1.59. The predicted molar refractivity (Wildman–Crippen MR) is 84.2 cm³/mol. The van der Waals surface area contributed by atoms with Gasteiger partial charge in [0.1, 0.15) is 17.1 Å². The second kappa shape index (κ2) is 6.49. The number of β-lactam (4-membered cyclic amide) rings is 1. The second-order valence-corrected chi connectivity index (χ2v) is 7.03. The summed E-state index contributed by atoms with van der Waals surface area (Å²) >= 11 is 2.96. The zero-order chi connectivity index (χ0) is 16.6. The number of rotatable bonds is 5. The Morgan fingerprint density at radius 1 is 1.57 bits per heavy atom. The summed E-state index contributed by atoms with van der Waals surface area (Å²) in [6, 6.07) is -0.554. The van der Waals surface area contributed by atoms with Gasteiger partial charge >= 0.3 is 5.97 Å². The molecule has 9 nitrogen and oxygen atoms in total. The van der Waals surface area contributed by atoms with Crippen LogP contribution in [0.3, 0.4) is 0 Å². The van der Waals surface area contributed by atoms with Gasteiger partial charge in [-0.3, -0.25) is 9.69 Å². The molecule has 0 radical (unpaired) electrons. The lowest BCUT2D eigenvalue weighted by atomic mass is 10.0. The lowest BCUT2D eigenvalue weighted by Crippen LogP contribution is -2.68. The Morgan fingerprint density at radius 3 is 3.00 bits per heavy atom. The highest BCUT2D eigenvalue weighted by Crippen LogP contribution is 2.40. The first-order valence-electron chi connectivity index (χ1n) is 6.99. The van der Waals surface area contributed by atoms with E-state index in [-0.39, 0.29) is 17.9 Å². The molecule has 1 aromatic heterocycles. The number of esters is 1. The van der Waals surface area contributed by atoms with Gasteiger partial charge in [-0.05, 0) is 22.9 Å². The van der Waals surface area contributed by atoms with Crippen LogP contribution in [0.2, 0.25) is 0 Å². The number of nitrogens with two attached hydrogens (primary N) is 1. The van der Waals surface area contributed by atoms with Crippen LogP contribution in [-0.4, -0.2) is 66.5 Å². The van der Waals surface area contributed by atoms with Crippen molar-refractivity contribution in [1.82, 2.24) is 25.1 Å². The predicted octanol–water partition coefficient (Wildman–Crippen LogP) is -0.638. The van der Waals surface area contributed by atoms with Gasteiger partial charge in [-0.2, -0.15) is 0 Å². The smallest absolute Gasteiger partial charge is 0.355 e. The quantitative estimate of drug-likeness (QED) is 0.418. The van der Waals surface area contributed by atoms with E-state index in [1.165, 1.54) is 16.7 Å². The highest BCUT2D eigenvalue weighted by Gasteiger charge is 2.51. The molecule has 11 heteroatoms. The number of aryl methyl sites for hydroxylation is 1. The van der Waals surface area contributed by atoms with Gasteiger partial charge in [-0.25, -0.2) is 9.48 Å². The SMILES string of the molecule is CCOC(=O)C1=C(CSc2nnnn2C)CS[C@H]2C(N)C(=O)N12. The van der Waals surface area contributed by atoms with E-state index in [2.05, 4.69) is 15.5 Å². The van der Waals surface area contributed by atoms with E-state index in [1.807, 2.05) is 0 Å². The summed E-state index contributed by atoms with van der Waals surface area (Å²) in [5, 5.41) is 11.7. The lowest BCUT2D eigenvalue weighted by molar-refractivity contribution is -0.150. The van der Waals surface area contributed by atoms with Crippen molar-refractivity contribution >= 4 is 35.4 Å². The summed E-state index contributed by atoms with van der Waals surface area (Å²) in [4.78, 5) is 25.8. The van der Waals surface area contributed by atoms with Gasteiger partial charge in [0.15, 0.2) is 0 Å². The number of hydrogen-bond donors (Lipinski definition) is 1. The highest BCUT2D eigenvalue weighted by molar-refractivity contribution is 8.01. The van der Waals surface area contributed by atoms with Crippen molar-refractivity contribution in [2.24, 2.45) is 12.8 Å². The van der Waals surface area contributed by atoms with Crippen molar-refractivity contribution in [1.29, 1.82) is 0 Å². The number of ether oxygens (including phenoxy) is 1. The molecule has 0 aliphatic carbocycles. The molecule has 0 saturated carbocycles. The Bertz CT molecular complexity index is 676. The van der Waals surface area contributed by atoms with E-state index >= 15 is 0 Å². The maximum atomic E-state index is 12.3. The zero-order valence-corrected chi connectivity index (χ0v) is 14.3. The molecule has 0 aromatic carbocycles. The molecule has 1 amide bonds. The van der Waals surface area contributed by atoms with Crippen molar-refractivity contribution < 1.29 is 14.3 Å².